The van der Waals surface area contributed by atoms with Crippen LogP contribution in [0.2, 0.25) is 0 Å². The smallest absolute Gasteiger partial charge is 0.233 e. The summed E-state index contributed by atoms with van der Waals surface area (Å²) in [4.78, 5) is 24.4. The Kier molecular flexibility index (Phi) is 4.91. The summed E-state index contributed by atoms with van der Waals surface area (Å²) in [5.74, 6) is -0.379. The topological polar surface area (TPSA) is 84.2 Å². The van der Waals surface area contributed by atoms with Crippen molar-refractivity contribution in [2.75, 3.05) is 17.2 Å². The lowest BCUT2D eigenvalue weighted by molar-refractivity contribution is -0.118. The molecule has 0 aliphatic heterocycles. The third kappa shape index (κ3) is 4.00. The lowest BCUT2D eigenvalue weighted by Gasteiger charge is -2.16. The lowest BCUT2D eigenvalue weighted by Crippen LogP contribution is -2.27. The second kappa shape index (κ2) is 7.27. The van der Waals surface area contributed by atoms with Crippen molar-refractivity contribution < 1.29 is 9.59 Å². The lowest BCUT2D eigenvalue weighted by atomic mass is 9.98. The minimum absolute atomic E-state index is 0.0441. The first-order valence-electron chi connectivity index (χ1n) is 8.14. The van der Waals surface area contributed by atoms with Crippen LogP contribution in [0.15, 0.2) is 54.6 Å². The van der Waals surface area contributed by atoms with Crippen LogP contribution in [0.25, 0.3) is 0 Å². The van der Waals surface area contributed by atoms with E-state index in [1.54, 1.807) is 18.2 Å². The van der Waals surface area contributed by atoms with Gasteiger partial charge in [0.15, 0.2) is 0 Å². The van der Waals surface area contributed by atoms with Crippen molar-refractivity contribution in [3.8, 4) is 0 Å². The quantitative estimate of drug-likeness (QED) is 0.764. The Morgan fingerprint density at radius 3 is 2.29 bits per heavy atom. The van der Waals surface area contributed by atoms with E-state index in [-0.39, 0.29) is 24.3 Å². The van der Waals surface area contributed by atoms with Gasteiger partial charge in [0.05, 0.1) is 5.92 Å². The highest BCUT2D eigenvalue weighted by Crippen LogP contribution is 2.30. The number of hydrogen-bond acceptors (Lipinski definition) is 3. The zero-order chi connectivity index (χ0) is 16.9. The van der Waals surface area contributed by atoms with Crippen molar-refractivity contribution >= 4 is 23.2 Å². The second-order valence-corrected chi connectivity index (χ2v) is 6.03. The van der Waals surface area contributed by atoms with E-state index in [2.05, 4.69) is 10.6 Å². The SMILES string of the molecule is NCC(C(=O)Nc1cccc(NC(=O)C2CC2)c1)c1ccccc1. The van der Waals surface area contributed by atoms with Crippen LogP contribution in [-0.4, -0.2) is 18.4 Å². The maximum absolute atomic E-state index is 12.5. The van der Waals surface area contributed by atoms with Gasteiger partial charge in [-0.2, -0.15) is 0 Å². The Balaban J connectivity index is 1.68. The third-order valence-electron chi connectivity index (χ3n) is 4.10. The summed E-state index contributed by atoms with van der Waals surface area (Å²) in [5, 5.41) is 5.76. The van der Waals surface area contributed by atoms with Crippen LogP contribution in [0.4, 0.5) is 11.4 Å². The maximum atomic E-state index is 12.5. The van der Waals surface area contributed by atoms with E-state index in [9.17, 15) is 9.59 Å². The Labute approximate surface area is 141 Å². The molecule has 124 valence electrons. The van der Waals surface area contributed by atoms with Gasteiger partial charge in [0.1, 0.15) is 0 Å². The van der Waals surface area contributed by atoms with Crippen LogP contribution >= 0.6 is 0 Å². The molecule has 3 rings (SSSR count). The summed E-state index contributed by atoms with van der Waals surface area (Å²) in [7, 11) is 0. The van der Waals surface area contributed by atoms with E-state index in [1.807, 2.05) is 36.4 Å². The van der Waals surface area contributed by atoms with E-state index < -0.39 is 5.92 Å². The number of rotatable bonds is 6. The van der Waals surface area contributed by atoms with Crippen molar-refractivity contribution in [1.82, 2.24) is 0 Å². The predicted octanol–water partition coefficient (Wildman–Crippen LogP) is 2.72. The first-order chi connectivity index (χ1) is 11.7. The molecular formula is C19H21N3O2. The molecule has 0 bridgehead atoms. The van der Waals surface area contributed by atoms with Crippen LogP contribution in [-0.2, 0) is 9.59 Å². The first kappa shape index (κ1) is 16.2. The highest BCUT2D eigenvalue weighted by atomic mass is 16.2. The van der Waals surface area contributed by atoms with Crippen molar-refractivity contribution in [2.24, 2.45) is 11.7 Å². The van der Waals surface area contributed by atoms with Gasteiger partial charge in [-0.15, -0.1) is 0 Å². The fourth-order valence-corrected chi connectivity index (χ4v) is 2.57. The summed E-state index contributed by atoms with van der Waals surface area (Å²) >= 11 is 0. The number of anilines is 2. The number of nitrogens with one attached hydrogen (secondary N) is 2. The highest BCUT2D eigenvalue weighted by Gasteiger charge is 2.29. The van der Waals surface area contributed by atoms with E-state index in [4.69, 9.17) is 5.73 Å². The zero-order valence-electron chi connectivity index (χ0n) is 13.4. The molecule has 2 aromatic rings. The summed E-state index contributed by atoms with van der Waals surface area (Å²) < 4.78 is 0. The van der Waals surface area contributed by atoms with Crippen LogP contribution in [0.1, 0.15) is 24.3 Å². The molecular weight excluding hydrogens is 302 g/mol. The molecule has 1 fully saturated rings. The maximum Gasteiger partial charge on any atom is 0.233 e. The van der Waals surface area contributed by atoms with E-state index >= 15 is 0 Å². The molecule has 4 N–H and O–H groups in total. The van der Waals surface area contributed by atoms with Gasteiger partial charge < -0.3 is 16.4 Å². The van der Waals surface area contributed by atoms with E-state index in [1.165, 1.54) is 0 Å². The van der Waals surface area contributed by atoms with Crippen molar-refractivity contribution in [3.05, 3.63) is 60.2 Å². The van der Waals surface area contributed by atoms with Gasteiger partial charge in [-0.05, 0) is 36.6 Å². The molecule has 1 aliphatic carbocycles. The normalized spacial score (nSPS) is 14.7. The van der Waals surface area contributed by atoms with Gasteiger partial charge in [0, 0.05) is 23.8 Å². The molecule has 1 unspecified atom stereocenters. The van der Waals surface area contributed by atoms with Crippen molar-refractivity contribution in [3.63, 3.8) is 0 Å². The third-order valence-corrected chi connectivity index (χ3v) is 4.10. The molecule has 2 amide bonds. The number of amides is 2. The minimum Gasteiger partial charge on any atom is -0.329 e. The summed E-state index contributed by atoms with van der Waals surface area (Å²) in [5.41, 5.74) is 7.99. The summed E-state index contributed by atoms with van der Waals surface area (Å²) in [6.07, 6.45) is 1.91. The van der Waals surface area contributed by atoms with Crippen molar-refractivity contribution in [1.29, 1.82) is 0 Å². The van der Waals surface area contributed by atoms with Gasteiger partial charge in [0.25, 0.3) is 0 Å². The van der Waals surface area contributed by atoms with Crippen LogP contribution in [0.5, 0.6) is 0 Å². The molecule has 0 saturated heterocycles. The fraction of sp³-hybridized carbons (Fsp3) is 0.263. The number of nitrogens with two attached hydrogens (primary N) is 1. The number of carbonyl (C=O) groups is 2. The molecule has 1 aliphatic rings. The molecule has 1 saturated carbocycles. The molecule has 0 radical (unpaired) electrons. The Morgan fingerprint density at radius 1 is 1.00 bits per heavy atom. The van der Waals surface area contributed by atoms with Crippen molar-refractivity contribution in [2.45, 2.75) is 18.8 Å². The van der Waals surface area contributed by atoms with Crippen LogP contribution in [0.3, 0.4) is 0 Å². The van der Waals surface area contributed by atoms with Gasteiger partial charge in [-0.3, -0.25) is 9.59 Å². The van der Waals surface area contributed by atoms with E-state index in [0.29, 0.717) is 11.4 Å². The summed E-state index contributed by atoms with van der Waals surface area (Å²) in [6.45, 7) is 0.230. The molecule has 5 nitrogen and oxygen atoms in total. The summed E-state index contributed by atoms with van der Waals surface area (Å²) in [6, 6.07) is 16.6. The highest BCUT2D eigenvalue weighted by molar-refractivity contribution is 5.98. The first-order valence-corrected chi connectivity index (χ1v) is 8.14. The monoisotopic (exact) mass is 323 g/mol. The van der Waals surface area contributed by atoms with Gasteiger partial charge in [-0.1, -0.05) is 36.4 Å². The largest absolute Gasteiger partial charge is 0.329 e. The average Bonchev–Trinajstić information content (AvgIpc) is 3.42. The fourth-order valence-electron chi connectivity index (χ4n) is 2.57. The average molecular weight is 323 g/mol. The second-order valence-electron chi connectivity index (χ2n) is 6.03. The van der Waals surface area contributed by atoms with Crippen LogP contribution in [0, 0.1) is 5.92 Å². The number of benzene rings is 2. The molecule has 0 spiro atoms. The number of carbonyl (C=O) groups excluding carboxylic acids is 2. The Morgan fingerprint density at radius 2 is 1.67 bits per heavy atom. The number of hydrogen-bond donors (Lipinski definition) is 3. The predicted molar refractivity (Wildman–Crippen MR) is 94.7 cm³/mol. The van der Waals surface area contributed by atoms with Crippen LogP contribution < -0.4 is 16.4 Å². The minimum atomic E-state index is -0.407. The molecule has 2 aromatic carbocycles. The van der Waals surface area contributed by atoms with Gasteiger partial charge >= 0.3 is 0 Å². The molecule has 1 atom stereocenters. The molecule has 5 heteroatoms. The Hall–Kier alpha value is -2.66. The molecule has 0 heterocycles. The zero-order valence-corrected chi connectivity index (χ0v) is 13.4. The standard InChI is InChI=1S/C19H21N3O2/c20-12-17(13-5-2-1-3-6-13)19(24)22-16-8-4-7-15(11-16)21-18(23)14-9-10-14/h1-8,11,14,17H,9-10,12,20H2,(H,21,23)(H,22,24). The van der Waals surface area contributed by atoms with Gasteiger partial charge in [0.2, 0.25) is 11.8 Å². The van der Waals surface area contributed by atoms with E-state index in [0.717, 1.165) is 18.4 Å². The Bertz CT molecular complexity index is 726. The molecule has 24 heavy (non-hydrogen) atoms. The van der Waals surface area contributed by atoms with Gasteiger partial charge in [-0.25, -0.2) is 0 Å². The molecule has 0 aromatic heterocycles.